The number of para-hydroxylation sites is 1. The lowest BCUT2D eigenvalue weighted by atomic mass is 10.2. The molecule has 1 heterocycles. The van der Waals surface area contributed by atoms with Crippen LogP contribution in [0.5, 0.6) is 5.75 Å². The quantitative estimate of drug-likeness (QED) is 0.311. The van der Waals surface area contributed by atoms with Crippen molar-refractivity contribution in [3.05, 3.63) is 99.4 Å². The maximum atomic E-state index is 12.9. The van der Waals surface area contributed by atoms with Crippen LogP contribution in [-0.2, 0) is 21.5 Å². The van der Waals surface area contributed by atoms with Crippen LogP contribution >= 0.6 is 27.7 Å². The second kappa shape index (κ2) is 9.32. The molecule has 4 rings (SSSR count). The molecule has 1 aliphatic heterocycles. The monoisotopic (exact) mass is 529 g/mol. The molecule has 9 heteroatoms. The van der Waals surface area contributed by atoms with Gasteiger partial charge < -0.3 is 4.18 Å². The van der Waals surface area contributed by atoms with Crippen molar-refractivity contribution in [1.29, 1.82) is 0 Å². The molecule has 0 spiro atoms. The summed E-state index contributed by atoms with van der Waals surface area (Å²) in [6.07, 6.45) is 1.47. The standard InChI is InChI=1S/C23H16BrNO5S2/c24-19-12-6-4-9-17(19)15-25-22(26)21(31-23(25)27)14-16-8-5-7-13-20(16)30-32(28,29)18-10-2-1-3-11-18/h1-14H,15H2/b21-14-. The number of carbonyl (C=O) groups excluding carboxylic acids is 2. The van der Waals surface area contributed by atoms with Crippen LogP contribution in [-0.4, -0.2) is 24.5 Å². The van der Waals surface area contributed by atoms with Crippen molar-refractivity contribution in [3.63, 3.8) is 0 Å². The Morgan fingerprint density at radius 3 is 2.31 bits per heavy atom. The Morgan fingerprint density at radius 2 is 1.56 bits per heavy atom. The van der Waals surface area contributed by atoms with Crippen LogP contribution in [0, 0.1) is 0 Å². The zero-order valence-electron chi connectivity index (χ0n) is 16.5. The van der Waals surface area contributed by atoms with Gasteiger partial charge in [0.1, 0.15) is 10.6 Å². The molecule has 32 heavy (non-hydrogen) atoms. The summed E-state index contributed by atoms with van der Waals surface area (Å²) in [5.74, 6) is -0.384. The van der Waals surface area contributed by atoms with Gasteiger partial charge in [-0.2, -0.15) is 8.42 Å². The molecule has 0 radical (unpaired) electrons. The molecule has 3 aromatic carbocycles. The van der Waals surface area contributed by atoms with Gasteiger partial charge in [-0.05, 0) is 47.7 Å². The molecule has 0 unspecified atom stereocenters. The van der Waals surface area contributed by atoms with Gasteiger partial charge in [-0.3, -0.25) is 14.5 Å². The van der Waals surface area contributed by atoms with E-state index in [1.165, 1.54) is 24.3 Å². The minimum absolute atomic E-state index is 0.0172. The van der Waals surface area contributed by atoms with Crippen molar-refractivity contribution in [2.75, 3.05) is 0 Å². The van der Waals surface area contributed by atoms with E-state index in [2.05, 4.69) is 15.9 Å². The molecular formula is C23H16BrNO5S2. The summed E-state index contributed by atoms with van der Waals surface area (Å²) in [5.41, 5.74) is 1.17. The number of hydrogen-bond acceptors (Lipinski definition) is 6. The fourth-order valence-electron chi connectivity index (χ4n) is 3.00. The number of halogens is 1. The molecule has 2 amide bonds. The summed E-state index contributed by atoms with van der Waals surface area (Å²) in [4.78, 5) is 26.7. The lowest BCUT2D eigenvalue weighted by molar-refractivity contribution is -0.123. The molecule has 0 aliphatic carbocycles. The van der Waals surface area contributed by atoms with Crippen LogP contribution < -0.4 is 4.18 Å². The largest absolute Gasteiger partial charge is 0.378 e. The SMILES string of the molecule is O=C1S/C(=C\c2ccccc2OS(=O)(=O)c2ccccc2)C(=O)N1Cc1ccccc1Br. The molecule has 3 aromatic rings. The van der Waals surface area contributed by atoms with E-state index in [4.69, 9.17) is 4.18 Å². The van der Waals surface area contributed by atoms with Crippen LogP contribution in [0.25, 0.3) is 6.08 Å². The Hall–Kier alpha value is -2.88. The first-order chi connectivity index (χ1) is 15.3. The zero-order valence-corrected chi connectivity index (χ0v) is 19.7. The van der Waals surface area contributed by atoms with Crippen LogP contribution in [0.2, 0.25) is 0 Å². The Labute approximate surface area is 198 Å². The van der Waals surface area contributed by atoms with E-state index in [-0.39, 0.29) is 22.1 Å². The van der Waals surface area contributed by atoms with Gasteiger partial charge in [-0.15, -0.1) is 0 Å². The molecular weight excluding hydrogens is 514 g/mol. The molecule has 162 valence electrons. The highest BCUT2D eigenvalue weighted by molar-refractivity contribution is 9.10. The van der Waals surface area contributed by atoms with E-state index in [1.54, 1.807) is 36.4 Å². The fraction of sp³-hybridized carbons (Fsp3) is 0.0435. The molecule has 0 saturated carbocycles. The number of carbonyl (C=O) groups is 2. The molecule has 0 bridgehead atoms. The van der Waals surface area contributed by atoms with Gasteiger partial charge in [-0.1, -0.05) is 70.5 Å². The van der Waals surface area contributed by atoms with E-state index >= 15 is 0 Å². The van der Waals surface area contributed by atoms with Gasteiger partial charge in [0, 0.05) is 10.0 Å². The smallest absolute Gasteiger partial charge is 0.339 e. The maximum Gasteiger partial charge on any atom is 0.339 e. The van der Waals surface area contributed by atoms with Gasteiger partial charge in [0.15, 0.2) is 0 Å². The van der Waals surface area contributed by atoms with Gasteiger partial charge in [0.25, 0.3) is 11.1 Å². The Balaban J connectivity index is 1.60. The van der Waals surface area contributed by atoms with Crippen molar-refractivity contribution in [2.24, 2.45) is 0 Å². The molecule has 0 aromatic heterocycles. The number of thioether (sulfide) groups is 1. The topological polar surface area (TPSA) is 80.8 Å². The van der Waals surface area contributed by atoms with E-state index in [0.717, 1.165) is 26.7 Å². The highest BCUT2D eigenvalue weighted by atomic mass is 79.9. The molecule has 6 nitrogen and oxygen atoms in total. The number of rotatable bonds is 6. The van der Waals surface area contributed by atoms with Crippen molar-refractivity contribution in [3.8, 4) is 5.75 Å². The van der Waals surface area contributed by atoms with Gasteiger partial charge in [-0.25, -0.2) is 0 Å². The lowest BCUT2D eigenvalue weighted by Crippen LogP contribution is -2.27. The summed E-state index contributed by atoms with van der Waals surface area (Å²) >= 11 is 4.23. The van der Waals surface area contributed by atoms with Gasteiger partial charge >= 0.3 is 10.1 Å². The number of nitrogens with zero attached hydrogens (tertiary/aromatic N) is 1. The first-order valence-electron chi connectivity index (χ1n) is 9.42. The van der Waals surface area contributed by atoms with Gasteiger partial charge in [0.05, 0.1) is 11.4 Å². The molecule has 1 saturated heterocycles. The minimum atomic E-state index is -4.05. The van der Waals surface area contributed by atoms with E-state index in [9.17, 15) is 18.0 Å². The van der Waals surface area contributed by atoms with Crippen molar-refractivity contribution in [1.82, 2.24) is 4.90 Å². The van der Waals surface area contributed by atoms with E-state index < -0.39 is 21.3 Å². The number of imide groups is 1. The number of amides is 2. The van der Waals surface area contributed by atoms with Crippen LogP contribution in [0.15, 0.2) is 93.1 Å². The molecule has 1 aliphatic rings. The Kier molecular flexibility index (Phi) is 6.50. The Bertz CT molecular complexity index is 1320. The third-order valence-electron chi connectivity index (χ3n) is 4.60. The minimum Gasteiger partial charge on any atom is -0.378 e. The molecule has 1 fully saturated rings. The second-order valence-electron chi connectivity index (χ2n) is 6.75. The molecule has 0 atom stereocenters. The summed E-state index contributed by atoms with van der Waals surface area (Å²) < 4.78 is 31.4. The zero-order chi connectivity index (χ0) is 22.7. The average Bonchev–Trinajstić information content (AvgIpc) is 3.04. The molecule has 0 N–H and O–H groups in total. The normalized spacial score (nSPS) is 15.4. The highest BCUT2D eigenvalue weighted by Gasteiger charge is 2.35. The summed E-state index contributed by atoms with van der Waals surface area (Å²) in [6.45, 7) is 0.129. The van der Waals surface area contributed by atoms with Crippen LogP contribution in [0.3, 0.4) is 0 Å². The predicted octanol–water partition coefficient (Wildman–Crippen LogP) is 5.45. The summed E-state index contributed by atoms with van der Waals surface area (Å²) in [5, 5.41) is -0.396. The van der Waals surface area contributed by atoms with Crippen molar-refractivity contribution >= 4 is 55.0 Å². The number of hydrogen-bond donors (Lipinski definition) is 0. The highest BCUT2D eigenvalue weighted by Crippen LogP contribution is 2.36. The summed E-state index contributed by atoms with van der Waals surface area (Å²) in [7, 11) is -4.05. The number of benzene rings is 3. The predicted molar refractivity (Wildman–Crippen MR) is 126 cm³/mol. The first kappa shape index (κ1) is 22.3. The third kappa shape index (κ3) is 4.79. The van der Waals surface area contributed by atoms with E-state index in [1.807, 2.05) is 24.3 Å². The average molecular weight is 530 g/mol. The lowest BCUT2D eigenvalue weighted by Gasteiger charge is -2.13. The van der Waals surface area contributed by atoms with Crippen LogP contribution in [0.1, 0.15) is 11.1 Å². The maximum absolute atomic E-state index is 12.9. The van der Waals surface area contributed by atoms with Crippen molar-refractivity contribution in [2.45, 2.75) is 11.4 Å². The second-order valence-corrected chi connectivity index (χ2v) is 10.1. The third-order valence-corrected chi connectivity index (χ3v) is 7.53. The summed E-state index contributed by atoms with van der Waals surface area (Å²) in [6, 6.07) is 21.6. The van der Waals surface area contributed by atoms with E-state index in [0.29, 0.717) is 5.56 Å². The van der Waals surface area contributed by atoms with Crippen molar-refractivity contribution < 1.29 is 22.2 Å². The first-order valence-corrected chi connectivity index (χ1v) is 12.4. The Morgan fingerprint density at radius 1 is 0.906 bits per heavy atom. The van der Waals surface area contributed by atoms with Gasteiger partial charge in [0.2, 0.25) is 0 Å². The van der Waals surface area contributed by atoms with Crippen LogP contribution in [0.4, 0.5) is 4.79 Å². The fourth-order valence-corrected chi connectivity index (χ4v) is 5.22.